The Morgan fingerprint density at radius 1 is 1.33 bits per heavy atom. The van der Waals surface area contributed by atoms with Gasteiger partial charge in [-0.1, -0.05) is 13.8 Å². The van der Waals surface area contributed by atoms with Gasteiger partial charge in [-0.25, -0.2) is 0 Å². The van der Waals surface area contributed by atoms with Crippen molar-refractivity contribution in [3.8, 4) is 0 Å². The van der Waals surface area contributed by atoms with Gasteiger partial charge in [0.1, 0.15) is 0 Å². The Bertz CT molecular complexity index is 226. The molecule has 0 radical (unpaired) electrons. The molecule has 0 aromatic rings. The molecule has 2 aliphatic rings. The first-order valence-electron chi connectivity index (χ1n) is 6.08. The summed E-state index contributed by atoms with van der Waals surface area (Å²) in [7, 11) is 0. The lowest BCUT2D eigenvalue weighted by atomic mass is 9.79. The minimum absolute atomic E-state index is 0.217. The number of hydrogen-bond acceptors (Lipinski definition) is 3. The minimum atomic E-state index is 0.217. The molecule has 3 heteroatoms. The molecule has 0 aromatic carbocycles. The van der Waals surface area contributed by atoms with Crippen LogP contribution in [0.2, 0.25) is 0 Å². The number of thioether (sulfide) groups is 1. The summed E-state index contributed by atoms with van der Waals surface area (Å²) in [6.07, 6.45) is 4.07. The van der Waals surface area contributed by atoms with E-state index in [0.29, 0.717) is 5.41 Å². The maximum absolute atomic E-state index is 5.99. The van der Waals surface area contributed by atoms with E-state index in [1.165, 1.54) is 37.3 Å². The second-order valence-corrected chi connectivity index (χ2v) is 7.13. The highest BCUT2D eigenvalue weighted by Gasteiger charge is 2.40. The van der Waals surface area contributed by atoms with E-state index in [0.717, 1.165) is 12.5 Å². The summed E-state index contributed by atoms with van der Waals surface area (Å²) in [5, 5.41) is 3.76. The molecule has 2 fully saturated rings. The summed E-state index contributed by atoms with van der Waals surface area (Å²) >= 11 is 2.06. The zero-order valence-electron chi connectivity index (χ0n) is 10.0. The molecule has 0 aromatic heterocycles. The summed E-state index contributed by atoms with van der Waals surface area (Å²) in [5.41, 5.74) is 6.65. The predicted octanol–water partition coefficient (Wildman–Crippen LogP) is 1.85. The van der Waals surface area contributed by atoms with Crippen LogP contribution >= 0.6 is 11.8 Å². The summed E-state index contributed by atoms with van der Waals surface area (Å²) in [5.74, 6) is 3.42. The van der Waals surface area contributed by atoms with Gasteiger partial charge in [-0.05, 0) is 42.9 Å². The van der Waals surface area contributed by atoms with Crippen LogP contribution in [-0.4, -0.2) is 30.1 Å². The Morgan fingerprint density at radius 3 is 2.60 bits per heavy atom. The Morgan fingerprint density at radius 2 is 2.07 bits per heavy atom. The van der Waals surface area contributed by atoms with Crippen LogP contribution in [0.25, 0.3) is 0 Å². The van der Waals surface area contributed by atoms with Crippen molar-refractivity contribution in [2.75, 3.05) is 24.6 Å². The fourth-order valence-electron chi connectivity index (χ4n) is 2.54. The maximum Gasteiger partial charge on any atom is 0.0400 e. The topological polar surface area (TPSA) is 38.0 Å². The number of nitrogens with one attached hydrogen (secondary N) is 1. The summed E-state index contributed by atoms with van der Waals surface area (Å²) in [6, 6.07) is 0. The van der Waals surface area contributed by atoms with Crippen molar-refractivity contribution < 1.29 is 0 Å². The van der Waals surface area contributed by atoms with E-state index in [2.05, 4.69) is 30.9 Å². The molecule has 1 saturated carbocycles. The van der Waals surface area contributed by atoms with Crippen LogP contribution in [0.4, 0.5) is 0 Å². The molecule has 2 nitrogen and oxygen atoms in total. The van der Waals surface area contributed by atoms with Crippen molar-refractivity contribution >= 4 is 11.8 Å². The summed E-state index contributed by atoms with van der Waals surface area (Å²) < 4.78 is 0. The number of hydrogen-bond donors (Lipinski definition) is 2. The minimum Gasteiger partial charge on any atom is -0.329 e. The molecule has 88 valence electrons. The van der Waals surface area contributed by atoms with Gasteiger partial charge in [0, 0.05) is 17.8 Å². The van der Waals surface area contributed by atoms with Crippen molar-refractivity contribution in [2.24, 2.45) is 17.1 Å². The zero-order valence-corrected chi connectivity index (χ0v) is 10.8. The van der Waals surface area contributed by atoms with Crippen LogP contribution in [0.3, 0.4) is 0 Å². The molecule has 15 heavy (non-hydrogen) atoms. The lowest BCUT2D eigenvalue weighted by molar-refractivity contribution is 0.227. The predicted molar refractivity (Wildman–Crippen MR) is 68.2 cm³/mol. The highest BCUT2D eigenvalue weighted by atomic mass is 32.2. The molecule has 3 N–H and O–H groups in total. The third-order valence-electron chi connectivity index (χ3n) is 3.54. The van der Waals surface area contributed by atoms with Crippen molar-refractivity contribution in [3.05, 3.63) is 0 Å². The molecule has 0 amide bonds. The molecule has 1 aliphatic carbocycles. The third-order valence-corrected chi connectivity index (χ3v) is 5.28. The van der Waals surface area contributed by atoms with Crippen molar-refractivity contribution in [3.63, 3.8) is 0 Å². The van der Waals surface area contributed by atoms with Gasteiger partial charge < -0.3 is 11.1 Å². The Kier molecular flexibility index (Phi) is 3.34. The van der Waals surface area contributed by atoms with E-state index in [1.807, 2.05) is 0 Å². The van der Waals surface area contributed by atoms with Gasteiger partial charge in [-0.2, -0.15) is 11.8 Å². The first-order valence-corrected chi connectivity index (χ1v) is 7.24. The first kappa shape index (κ1) is 11.7. The van der Waals surface area contributed by atoms with Gasteiger partial charge in [0.05, 0.1) is 0 Å². The van der Waals surface area contributed by atoms with Gasteiger partial charge >= 0.3 is 0 Å². The van der Waals surface area contributed by atoms with Crippen molar-refractivity contribution in [2.45, 2.75) is 38.6 Å². The lowest BCUT2D eigenvalue weighted by Crippen LogP contribution is -2.58. The van der Waals surface area contributed by atoms with Gasteiger partial charge in [0.2, 0.25) is 0 Å². The molecular weight excluding hydrogens is 204 g/mol. The Hall–Kier alpha value is 0.270. The molecule has 1 saturated heterocycles. The van der Waals surface area contributed by atoms with Crippen LogP contribution < -0.4 is 11.1 Å². The molecule has 2 rings (SSSR count). The smallest absolute Gasteiger partial charge is 0.0400 e. The second-order valence-electron chi connectivity index (χ2n) is 6.14. The van der Waals surface area contributed by atoms with E-state index < -0.39 is 0 Å². The molecule has 0 spiro atoms. The van der Waals surface area contributed by atoms with Crippen LogP contribution in [0.5, 0.6) is 0 Å². The van der Waals surface area contributed by atoms with Crippen molar-refractivity contribution in [1.29, 1.82) is 0 Å². The third kappa shape index (κ3) is 3.11. The van der Waals surface area contributed by atoms with E-state index in [4.69, 9.17) is 5.73 Å². The second kappa shape index (κ2) is 4.27. The average Bonchev–Trinajstić information content (AvgIpc) is 2.97. The number of nitrogens with two attached hydrogens (primary N) is 1. The van der Waals surface area contributed by atoms with Crippen LogP contribution in [-0.2, 0) is 0 Å². The maximum atomic E-state index is 5.99. The van der Waals surface area contributed by atoms with Gasteiger partial charge in [0.15, 0.2) is 0 Å². The zero-order chi connectivity index (χ0) is 10.9. The summed E-state index contributed by atoms with van der Waals surface area (Å²) in [4.78, 5) is 0. The fourth-order valence-corrected chi connectivity index (χ4v) is 4.01. The van der Waals surface area contributed by atoms with Crippen molar-refractivity contribution in [1.82, 2.24) is 5.32 Å². The normalized spacial score (nSPS) is 35.4. The van der Waals surface area contributed by atoms with E-state index in [-0.39, 0.29) is 5.54 Å². The molecule has 1 atom stereocenters. The molecule has 1 unspecified atom stereocenters. The monoisotopic (exact) mass is 228 g/mol. The molecule has 0 bridgehead atoms. The fraction of sp³-hybridized carbons (Fsp3) is 1.00. The standard InChI is InChI=1S/C12H24N2S/c1-11(2)6-12(7-13,9-15-8-11)14-5-10-3-4-10/h10,14H,3-9,13H2,1-2H3. The Balaban J connectivity index is 1.92. The molecule has 1 heterocycles. The largest absolute Gasteiger partial charge is 0.329 e. The van der Waals surface area contributed by atoms with Crippen LogP contribution in [0.15, 0.2) is 0 Å². The van der Waals surface area contributed by atoms with E-state index in [1.54, 1.807) is 0 Å². The lowest BCUT2D eigenvalue weighted by Gasteiger charge is -2.44. The quantitative estimate of drug-likeness (QED) is 0.771. The van der Waals surface area contributed by atoms with Crippen LogP contribution in [0, 0.1) is 11.3 Å². The van der Waals surface area contributed by atoms with Crippen LogP contribution in [0.1, 0.15) is 33.1 Å². The first-order chi connectivity index (χ1) is 7.05. The Labute approximate surface area is 97.8 Å². The molecule has 1 aliphatic heterocycles. The highest BCUT2D eigenvalue weighted by molar-refractivity contribution is 7.99. The van der Waals surface area contributed by atoms with Gasteiger partial charge in [0.25, 0.3) is 0 Å². The average molecular weight is 228 g/mol. The van der Waals surface area contributed by atoms with Gasteiger partial charge in [-0.3, -0.25) is 0 Å². The van der Waals surface area contributed by atoms with Gasteiger partial charge in [-0.15, -0.1) is 0 Å². The number of rotatable bonds is 4. The SMILES string of the molecule is CC1(C)CSCC(CN)(NCC2CC2)C1. The van der Waals surface area contributed by atoms with E-state index >= 15 is 0 Å². The van der Waals surface area contributed by atoms with E-state index in [9.17, 15) is 0 Å². The summed E-state index contributed by atoms with van der Waals surface area (Å²) in [6.45, 7) is 6.70. The highest BCUT2D eigenvalue weighted by Crippen LogP contribution is 2.39. The molecular formula is C12H24N2S.